The van der Waals surface area contributed by atoms with Crippen LogP contribution in [0.4, 0.5) is 5.82 Å². The first-order valence-corrected chi connectivity index (χ1v) is 7.20. The van der Waals surface area contributed by atoms with E-state index in [4.69, 9.17) is 4.74 Å². The third-order valence-electron chi connectivity index (χ3n) is 2.71. The first kappa shape index (κ1) is 16.4. The molecule has 0 fully saturated rings. The maximum absolute atomic E-state index is 11.9. The summed E-state index contributed by atoms with van der Waals surface area (Å²) in [5.41, 5.74) is 0.422. The molecule has 0 aliphatic rings. The number of aromatic nitrogens is 1. The number of carbonyl (C=O) groups is 1. The molecule has 0 saturated carbocycles. The highest BCUT2D eigenvalue weighted by molar-refractivity contribution is 5.92. The van der Waals surface area contributed by atoms with Gasteiger partial charge < -0.3 is 15.4 Å². The van der Waals surface area contributed by atoms with Gasteiger partial charge in [-0.15, -0.1) is 0 Å². The van der Waals surface area contributed by atoms with E-state index in [1.165, 1.54) is 0 Å². The second kappa shape index (κ2) is 9.31. The van der Waals surface area contributed by atoms with E-state index in [1.54, 1.807) is 6.07 Å². The van der Waals surface area contributed by atoms with Gasteiger partial charge in [-0.25, -0.2) is 4.98 Å². The minimum atomic E-state index is -0.169. The van der Waals surface area contributed by atoms with Crippen LogP contribution in [0.5, 0.6) is 0 Å². The molecule has 1 aromatic heterocycles. The summed E-state index contributed by atoms with van der Waals surface area (Å²) >= 11 is 0. The lowest BCUT2D eigenvalue weighted by atomic mass is 10.1. The normalized spacial score (nSPS) is 10.6. The van der Waals surface area contributed by atoms with Crippen LogP contribution >= 0.6 is 0 Å². The summed E-state index contributed by atoms with van der Waals surface area (Å²) in [5, 5.41) is 5.88. The summed E-state index contributed by atoms with van der Waals surface area (Å²) in [7, 11) is 0. The Morgan fingerprint density at radius 2 is 2.15 bits per heavy atom. The summed E-state index contributed by atoms with van der Waals surface area (Å²) in [4.78, 5) is 16.1. The smallest absolute Gasteiger partial charge is 0.270 e. The molecule has 1 heterocycles. The second-order valence-electron chi connectivity index (χ2n) is 4.99. The molecule has 1 rings (SSSR count). The zero-order chi connectivity index (χ0) is 14.8. The maximum Gasteiger partial charge on any atom is 0.270 e. The summed E-state index contributed by atoms with van der Waals surface area (Å²) in [6.45, 7) is 8.87. The number of amides is 1. The van der Waals surface area contributed by atoms with Crippen molar-refractivity contribution in [1.82, 2.24) is 10.3 Å². The van der Waals surface area contributed by atoms with Crippen molar-refractivity contribution in [2.45, 2.75) is 27.2 Å². The van der Waals surface area contributed by atoms with Crippen LogP contribution in [0.1, 0.15) is 37.7 Å². The monoisotopic (exact) mass is 279 g/mol. The fourth-order valence-corrected chi connectivity index (χ4v) is 1.59. The molecule has 0 saturated heterocycles. The van der Waals surface area contributed by atoms with Gasteiger partial charge in [0, 0.05) is 19.7 Å². The Bertz CT molecular complexity index is 408. The number of rotatable bonds is 9. The molecule has 5 nitrogen and oxygen atoms in total. The van der Waals surface area contributed by atoms with Crippen LogP contribution < -0.4 is 10.6 Å². The number of nitrogens with zero attached hydrogens (tertiary/aromatic N) is 1. The molecule has 112 valence electrons. The number of ether oxygens (including phenoxy) is 1. The Labute approximate surface area is 121 Å². The summed E-state index contributed by atoms with van der Waals surface area (Å²) in [5.74, 6) is 1.19. The van der Waals surface area contributed by atoms with Gasteiger partial charge in [0.05, 0.1) is 6.61 Å². The molecule has 0 unspecified atom stereocenters. The van der Waals surface area contributed by atoms with Gasteiger partial charge in [-0.1, -0.05) is 19.9 Å². The van der Waals surface area contributed by atoms with Crippen molar-refractivity contribution >= 4 is 11.7 Å². The fourth-order valence-electron chi connectivity index (χ4n) is 1.59. The van der Waals surface area contributed by atoms with Crippen LogP contribution in [0.2, 0.25) is 0 Å². The van der Waals surface area contributed by atoms with Crippen molar-refractivity contribution in [3.05, 3.63) is 23.9 Å². The molecular formula is C15H25N3O2. The van der Waals surface area contributed by atoms with E-state index >= 15 is 0 Å². The maximum atomic E-state index is 11.9. The van der Waals surface area contributed by atoms with Gasteiger partial charge in [-0.05, 0) is 31.4 Å². The summed E-state index contributed by atoms with van der Waals surface area (Å²) in [6.07, 6.45) is 1.04. The molecule has 0 aliphatic heterocycles. The molecule has 0 spiro atoms. The van der Waals surface area contributed by atoms with Crippen LogP contribution in [-0.4, -0.2) is 37.2 Å². The molecule has 1 aromatic rings. The second-order valence-corrected chi connectivity index (χ2v) is 4.99. The lowest BCUT2D eigenvalue weighted by molar-refractivity contribution is 0.0901. The molecule has 0 radical (unpaired) electrons. The topological polar surface area (TPSA) is 63.2 Å². The highest BCUT2D eigenvalue weighted by Crippen LogP contribution is 2.04. The van der Waals surface area contributed by atoms with Gasteiger partial charge in [-0.3, -0.25) is 4.79 Å². The lowest BCUT2D eigenvalue weighted by Gasteiger charge is -2.08. The third kappa shape index (κ3) is 6.52. The molecule has 20 heavy (non-hydrogen) atoms. The molecule has 5 heteroatoms. The number of pyridine rings is 1. The van der Waals surface area contributed by atoms with Crippen molar-refractivity contribution in [1.29, 1.82) is 0 Å². The molecule has 0 aliphatic carbocycles. The molecule has 1 amide bonds. The fraction of sp³-hybridized carbons (Fsp3) is 0.600. The molecule has 2 N–H and O–H groups in total. The Balaban J connectivity index is 2.27. The van der Waals surface area contributed by atoms with Crippen LogP contribution in [0.25, 0.3) is 0 Å². The van der Waals surface area contributed by atoms with E-state index in [-0.39, 0.29) is 5.91 Å². The summed E-state index contributed by atoms with van der Waals surface area (Å²) in [6, 6.07) is 5.37. The quantitative estimate of drug-likeness (QED) is 0.681. The van der Waals surface area contributed by atoms with Gasteiger partial charge >= 0.3 is 0 Å². The number of hydrogen-bond donors (Lipinski definition) is 2. The van der Waals surface area contributed by atoms with Crippen LogP contribution in [0.3, 0.4) is 0 Å². The van der Waals surface area contributed by atoms with Gasteiger partial charge in [0.25, 0.3) is 5.91 Å². The minimum Gasteiger partial charge on any atom is -0.380 e. The first-order chi connectivity index (χ1) is 9.63. The zero-order valence-electron chi connectivity index (χ0n) is 12.6. The van der Waals surface area contributed by atoms with Crippen molar-refractivity contribution in [3.63, 3.8) is 0 Å². The number of hydrogen-bond acceptors (Lipinski definition) is 4. The third-order valence-corrected chi connectivity index (χ3v) is 2.71. The van der Waals surface area contributed by atoms with Gasteiger partial charge in [0.15, 0.2) is 0 Å². The average Bonchev–Trinajstić information content (AvgIpc) is 2.43. The Hall–Kier alpha value is -1.62. The number of carbonyl (C=O) groups excluding carboxylic acids is 1. The number of anilines is 1. The summed E-state index contributed by atoms with van der Waals surface area (Å²) < 4.78 is 5.45. The first-order valence-electron chi connectivity index (χ1n) is 7.20. The highest BCUT2D eigenvalue weighted by atomic mass is 16.5. The van der Waals surface area contributed by atoms with E-state index in [1.807, 2.05) is 19.1 Å². The highest BCUT2D eigenvalue weighted by Gasteiger charge is 2.06. The Morgan fingerprint density at radius 1 is 1.35 bits per heavy atom. The van der Waals surface area contributed by atoms with E-state index in [2.05, 4.69) is 29.5 Å². The van der Waals surface area contributed by atoms with Crippen molar-refractivity contribution in [3.8, 4) is 0 Å². The van der Waals surface area contributed by atoms with E-state index in [0.717, 1.165) is 19.6 Å². The minimum absolute atomic E-state index is 0.169. The van der Waals surface area contributed by atoms with Gasteiger partial charge in [0.2, 0.25) is 0 Å². The predicted octanol–water partition coefficient (Wildman–Crippen LogP) is 2.31. The van der Waals surface area contributed by atoms with Crippen molar-refractivity contribution in [2.24, 2.45) is 5.92 Å². The average molecular weight is 279 g/mol. The SMILES string of the molecule is CCNc1cccc(C(=O)NCCOCCC(C)C)n1. The van der Waals surface area contributed by atoms with Crippen LogP contribution in [-0.2, 0) is 4.74 Å². The Morgan fingerprint density at radius 3 is 2.85 bits per heavy atom. The van der Waals surface area contributed by atoms with Crippen molar-refractivity contribution in [2.75, 3.05) is 31.6 Å². The molecule has 0 atom stereocenters. The van der Waals surface area contributed by atoms with Crippen molar-refractivity contribution < 1.29 is 9.53 Å². The van der Waals surface area contributed by atoms with Crippen LogP contribution in [0, 0.1) is 5.92 Å². The van der Waals surface area contributed by atoms with E-state index in [0.29, 0.717) is 30.6 Å². The zero-order valence-corrected chi connectivity index (χ0v) is 12.6. The standard InChI is InChI=1S/C15H25N3O2/c1-4-16-14-7-5-6-13(18-14)15(19)17-9-11-20-10-8-12(2)3/h5-7,12H,4,8-11H2,1-3H3,(H,16,18)(H,17,19). The largest absolute Gasteiger partial charge is 0.380 e. The van der Waals surface area contributed by atoms with E-state index in [9.17, 15) is 4.79 Å². The van der Waals surface area contributed by atoms with Gasteiger partial charge in [-0.2, -0.15) is 0 Å². The predicted molar refractivity (Wildman–Crippen MR) is 81.0 cm³/mol. The lowest BCUT2D eigenvalue weighted by Crippen LogP contribution is -2.28. The molecule has 0 bridgehead atoms. The molecular weight excluding hydrogens is 254 g/mol. The van der Waals surface area contributed by atoms with E-state index < -0.39 is 0 Å². The number of nitrogens with one attached hydrogen (secondary N) is 2. The van der Waals surface area contributed by atoms with Gasteiger partial charge in [0.1, 0.15) is 11.5 Å². The molecule has 0 aromatic carbocycles. The Kier molecular flexibility index (Phi) is 7.65. The van der Waals surface area contributed by atoms with Crippen LogP contribution in [0.15, 0.2) is 18.2 Å².